The predicted molar refractivity (Wildman–Crippen MR) is 118 cm³/mol. The molecule has 2 heterocycles. The summed E-state index contributed by atoms with van der Waals surface area (Å²) in [7, 11) is 3.17. The minimum absolute atomic E-state index is 0.202. The third kappa shape index (κ3) is 3.72. The number of nitrogens with zero attached hydrogens (tertiary/aromatic N) is 4. The summed E-state index contributed by atoms with van der Waals surface area (Å²) < 4.78 is 14.1. The van der Waals surface area contributed by atoms with Gasteiger partial charge in [0, 0.05) is 24.2 Å². The number of hydrogen-bond acceptors (Lipinski definition) is 6. The van der Waals surface area contributed by atoms with E-state index < -0.39 is 0 Å². The van der Waals surface area contributed by atoms with E-state index in [1.807, 2.05) is 30.3 Å². The van der Waals surface area contributed by atoms with Crippen molar-refractivity contribution in [1.82, 2.24) is 19.1 Å². The molecule has 158 valence electrons. The zero-order valence-corrected chi connectivity index (χ0v) is 17.4. The van der Waals surface area contributed by atoms with Crippen molar-refractivity contribution in [2.45, 2.75) is 25.4 Å². The Hall–Kier alpha value is -3.81. The summed E-state index contributed by atoms with van der Waals surface area (Å²) in [6.45, 7) is 0.420. The van der Waals surface area contributed by atoms with Crippen LogP contribution in [0.2, 0.25) is 0 Å². The molecule has 0 radical (unpaired) electrons. The molecule has 1 aliphatic carbocycles. The first-order valence-electron chi connectivity index (χ1n) is 10.2. The SMILES string of the molecule is COc1cc(OC)cc(-n2c(=O)n(Cc3ccccc3)c3cnc(NC4CC4)nc32)c1. The highest BCUT2D eigenvalue weighted by atomic mass is 16.5. The molecule has 1 N–H and O–H groups in total. The second kappa shape index (κ2) is 7.79. The largest absolute Gasteiger partial charge is 0.497 e. The summed E-state index contributed by atoms with van der Waals surface area (Å²) in [4.78, 5) is 22.8. The Morgan fingerprint density at radius 2 is 1.77 bits per heavy atom. The van der Waals surface area contributed by atoms with E-state index in [1.54, 1.807) is 47.7 Å². The lowest BCUT2D eigenvalue weighted by Gasteiger charge is -2.09. The number of rotatable bonds is 7. The van der Waals surface area contributed by atoms with Gasteiger partial charge in [0.05, 0.1) is 32.6 Å². The van der Waals surface area contributed by atoms with E-state index in [4.69, 9.17) is 14.5 Å². The average molecular weight is 417 g/mol. The first-order valence-corrected chi connectivity index (χ1v) is 10.2. The molecule has 31 heavy (non-hydrogen) atoms. The Morgan fingerprint density at radius 3 is 2.42 bits per heavy atom. The van der Waals surface area contributed by atoms with Crippen LogP contribution in [-0.2, 0) is 6.54 Å². The average Bonchev–Trinajstić information content (AvgIpc) is 3.58. The van der Waals surface area contributed by atoms with Gasteiger partial charge in [0.25, 0.3) is 0 Å². The van der Waals surface area contributed by atoms with Crippen LogP contribution in [0.1, 0.15) is 18.4 Å². The second-order valence-corrected chi connectivity index (χ2v) is 7.58. The molecule has 0 amide bonds. The summed E-state index contributed by atoms with van der Waals surface area (Å²) >= 11 is 0. The Labute approximate surface area is 179 Å². The van der Waals surface area contributed by atoms with Crippen LogP contribution in [0, 0.1) is 0 Å². The van der Waals surface area contributed by atoms with Crippen molar-refractivity contribution < 1.29 is 9.47 Å². The molecule has 0 bridgehead atoms. The van der Waals surface area contributed by atoms with Crippen molar-refractivity contribution in [1.29, 1.82) is 0 Å². The van der Waals surface area contributed by atoms with E-state index in [1.165, 1.54) is 0 Å². The molecule has 8 heteroatoms. The van der Waals surface area contributed by atoms with Crippen molar-refractivity contribution in [3.8, 4) is 17.2 Å². The maximum absolute atomic E-state index is 13.6. The zero-order chi connectivity index (χ0) is 21.4. The first-order chi connectivity index (χ1) is 15.2. The summed E-state index contributed by atoms with van der Waals surface area (Å²) in [5.41, 5.74) is 2.64. The van der Waals surface area contributed by atoms with E-state index in [0.717, 1.165) is 18.4 Å². The summed E-state index contributed by atoms with van der Waals surface area (Å²) in [5, 5.41) is 3.31. The topological polar surface area (TPSA) is 83.2 Å². The van der Waals surface area contributed by atoms with Gasteiger partial charge in [-0.1, -0.05) is 30.3 Å². The number of anilines is 1. The van der Waals surface area contributed by atoms with Crippen LogP contribution in [0.3, 0.4) is 0 Å². The van der Waals surface area contributed by atoms with Crippen LogP contribution >= 0.6 is 0 Å². The highest BCUT2D eigenvalue weighted by Crippen LogP contribution is 2.28. The van der Waals surface area contributed by atoms with Crippen molar-refractivity contribution in [2.24, 2.45) is 0 Å². The number of aromatic nitrogens is 4. The van der Waals surface area contributed by atoms with E-state index in [9.17, 15) is 4.79 Å². The fourth-order valence-corrected chi connectivity index (χ4v) is 3.59. The van der Waals surface area contributed by atoms with Crippen LogP contribution in [-0.4, -0.2) is 39.4 Å². The number of ether oxygens (including phenoxy) is 2. The zero-order valence-electron chi connectivity index (χ0n) is 17.4. The number of hydrogen-bond donors (Lipinski definition) is 1. The third-order valence-corrected chi connectivity index (χ3v) is 5.36. The van der Waals surface area contributed by atoms with E-state index in [0.29, 0.717) is 46.9 Å². The lowest BCUT2D eigenvalue weighted by molar-refractivity contribution is 0.394. The minimum atomic E-state index is -0.202. The Bertz CT molecular complexity index is 1270. The highest BCUT2D eigenvalue weighted by Gasteiger charge is 2.24. The maximum Gasteiger partial charge on any atom is 0.335 e. The molecule has 0 spiro atoms. The molecular weight excluding hydrogens is 394 g/mol. The molecule has 0 unspecified atom stereocenters. The van der Waals surface area contributed by atoms with Crippen LogP contribution in [0.25, 0.3) is 16.9 Å². The molecule has 1 saturated carbocycles. The molecular formula is C23H23N5O3. The Balaban J connectivity index is 1.72. The van der Waals surface area contributed by atoms with Gasteiger partial charge < -0.3 is 14.8 Å². The van der Waals surface area contributed by atoms with Crippen LogP contribution in [0.5, 0.6) is 11.5 Å². The predicted octanol–water partition coefficient (Wildman–Crippen LogP) is 3.22. The van der Waals surface area contributed by atoms with Gasteiger partial charge in [0.15, 0.2) is 5.65 Å². The standard InChI is InChI=1S/C23H23N5O3/c1-30-18-10-17(11-19(12-18)31-2)28-21-20(13-24-22(26-21)25-16-8-9-16)27(23(28)29)14-15-6-4-3-5-7-15/h3-7,10-13,16H,8-9,14H2,1-2H3,(H,24,25,26). The molecule has 0 saturated heterocycles. The van der Waals surface area contributed by atoms with Gasteiger partial charge >= 0.3 is 5.69 Å². The molecule has 5 rings (SSSR count). The smallest absolute Gasteiger partial charge is 0.335 e. The molecule has 1 fully saturated rings. The number of methoxy groups -OCH3 is 2. The van der Waals surface area contributed by atoms with Crippen LogP contribution < -0.4 is 20.5 Å². The molecule has 1 aliphatic rings. The molecule has 8 nitrogen and oxygen atoms in total. The number of imidazole rings is 1. The van der Waals surface area contributed by atoms with Crippen LogP contribution in [0.15, 0.2) is 59.5 Å². The van der Waals surface area contributed by atoms with Crippen molar-refractivity contribution in [3.63, 3.8) is 0 Å². The molecule has 2 aromatic carbocycles. The van der Waals surface area contributed by atoms with Gasteiger partial charge in [-0.3, -0.25) is 4.57 Å². The number of fused-ring (bicyclic) bond motifs is 1. The summed E-state index contributed by atoms with van der Waals surface area (Å²) in [6, 6.07) is 15.6. The van der Waals surface area contributed by atoms with Gasteiger partial charge in [-0.2, -0.15) is 4.98 Å². The molecule has 0 aliphatic heterocycles. The van der Waals surface area contributed by atoms with E-state index in [2.05, 4.69) is 10.3 Å². The van der Waals surface area contributed by atoms with E-state index in [-0.39, 0.29) is 5.69 Å². The molecule has 2 aromatic heterocycles. The summed E-state index contributed by atoms with van der Waals surface area (Å²) in [5.74, 6) is 1.71. The Kier molecular flexibility index (Phi) is 4.82. The third-order valence-electron chi connectivity index (χ3n) is 5.36. The van der Waals surface area contributed by atoms with E-state index >= 15 is 0 Å². The van der Waals surface area contributed by atoms with Crippen LogP contribution in [0.4, 0.5) is 5.95 Å². The molecule has 0 atom stereocenters. The van der Waals surface area contributed by atoms with Gasteiger partial charge in [0.2, 0.25) is 5.95 Å². The lowest BCUT2D eigenvalue weighted by atomic mass is 10.2. The quantitative estimate of drug-likeness (QED) is 0.497. The number of benzene rings is 2. The van der Waals surface area contributed by atoms with Crippen molar-refractivity contribution in [2.75, 3.05) is 19.5 Å². The van der Waals surface area contributed by atoms with Gasteiger partial charge in [-0.25, -0.2) is 14.3 Å². The van der Waals surface area contributed by atoms with Gasteiger partial charge in [-0.05, 0) is 18.4 Å². The first kappa shape index (κ1) is 19.2. The number of nitrogens with one attached hydrogen (secondary N) is 1. The second-order valence-electron chi connectivity index (χ2n) is 7.58. The fraction of sp³-hybridized carbons (Fsp3) is 0.261. The lowest BCUT2D eigenvalue weighted by Crippen LogP contribution is -2.24. The van der Waals surface area contributed by atoms with Crippen molar-refractivity contribution >= 4 is 17.1 Å². The maximum atomic E-state index is 13.6. The monoisotopic (exact) mass is 417 g/mol. The minimum Gasteiger partial charge on any atom is -0.497 e. The normalized spacial score (nSPS) is 13.4. The Morgan fingerprint density at radius 1 is 1.06 bits per heavy atom. The van der Waals surface area contributed by atoms with Gasteiger partial charge in [0.1, 0.15) is 17.0 Å². The summed E-state index contributed by atoms with van der Waals surface area (Å²) in [6.07, 6.45) is 3.93. The molecule has 4 aromatic rings. The van der Waals surface area contributed by atoms with Gasteiger partial charge in [-0.15, -0.1) is 0 Å². The fourth-order valence-electron chi connectivity index (χ4n) is 3.59. The highest BCUT2D eigenvalue weighted by molar-refractivity contribution is 5.75. The van der Waals surface area contributed by atoms with Crippen molar-refractivity contribution in [3.05, 3.63) is 70.8 Å².